The number of amides is 1. The van der Waals surface area contributed by atoms with E-state index in [9.17, 15) is 13.2 Å². The Labute approximate surface area is 171 Å². The Morgan fingerprint density at radius 2 is 1.62 bits per heavy atom. The van der Waals surface area contributed by atoms with Crippen LogP contribution in [0.15, 0.2) is 65.7 Å². The minimum atomic E-state index is -3.49. The van der Waals surface area contributed by atoms with E-state index in [0.717, 1.165) is 18.4 Å². The third-order valence-electron chi connectivity index (χ3n) is 5.48. The highest BCUT2D eigenvalue weighted by atomic mass is 32.2. The number of aromatic nitrogens is 1. The van der Waals surface area contributed by atoms with Gasteiger partial charge in [-0.15, -0.1) is 0 Å². The molecular weight excluding hydrogens is 386 g/mol. The average Bonchev–Trinajstić information content (AvgIpc) is 3.17. The Bertz CT molecular complexity index is 1080. The highest BCUT2D eigenvalue weighted by molar-refractivity contribution is 7.89. The van der Waals surface area contributed by atoms with Crippen LogP contribution in [0.4, 0.5) is 0 Å². The van der Waals surface area contributed by atoms with Crippen molar-refractivity contribution in [2.24, 2.45) is 0 Å². The van der Waals surface area contributed by atoms with Gasteiger partial charge in [0.1, 0.15) is 0 Å². The first-order valence-corrected chi connectivity index (χ1v) is 11.4. The molecule has 2 aromatic carbocycles. The van der Waals surface area contributed by atoms with Gasteiger partial charge in [0.05, 0.1) is 4.90 Å². The number of H-pyrrole nitrogens is 1. The molecule has 1 amide bonds. The number of carbonyl (C=O) groups excluding carboxylic acids is 1. The summed E-state index contributed by atoms with van der Waals surface area (Å²) in [5.41, 5.74) is 2.34. The lowest BCUT2D eigenvalue weighted by atomic mass is 10.1. The number of para-hydroxylation sites is 1. The predicted octanol–water partition coefficient (Wildman–Crippen LogP) is 3.02. The molecule has 1 saturated heterocycles. The van der Waals surface area contributed by atoms with Gasteiger partial charge in [0, 0.05) is 49.7 Å². The Kier molecular flexibility index (Phi) is 5.69. The van der Waals surface area contributed by atoms with Crippen molar-refractivity contribution in [2.45, 2.75) is 24.2 Å². The Hall–Kier alpha value is -2.64. The molecule has 1 aliphatic heterocycles. The number of piperazine rings is 1. The SMILES string of the molecule is O=C(CCCc1c[nH]c2ccccc12)N1CCN(S(=O)(=O)c2ccccc2)CC1. The molecule has 29 heavy (non-hydrogen) atoms. The van der Waals surface area contributed by atoms with Gasteiger partial charge in [-0.05, 0) is 36.6 Å². The summed E-state index contributed by atoms with van der Waals surface area (Å²) in [6.07, 6.45) is 4.12. The summed E-state index contributed by atoms with van der Waals surface area (Å²) in [5, 5.41) is 1.21. The Balaban J connectivity index is 1.28. The van der Waals surface area contributed by atoms with Gasteiger partial charge >= 0.3 is 0 Å². The minimum absolute atomic E-state index is 0.0987. The number of hydrogen-bond acceptors (Lipinski definition) is 3. The summed E-state index contributed by atoms with van der Waals surface area (Å²) >= 11 is 0. The fourth-order valence-electron chi connectivity index (χ4n) is 3.85. The van der Waals surface area contributed by atoms with E-state index in [0.29, 0.717) is 37.5 Å². The van der Waals surface area contributed by atoms with Crippen LogP contribution in [-0.4, -0.2) is 54.7 Å². The summed E-state index contributed by atoms with van der Waals surface area (Å²) in [5.74, 6) is 0.0987. The molecule has 7 heteroatoms. The molecule has 0 unspecified atom stereocenters. The maximum Gasteiger partial charge on any atom is 0.243 e. The Morgan fingerprint density at radius 3 is 2.38 bits per heavy atom. The van der Waals surface area contributed by atoms with Gasteiger partial charge in [0.25, 0.3) is 0 Å². The van der Waals surface area contributed by atoms with E-state index in [2.05, 4.69) is 11.1 Å². The largest absolute Gasteiger partial charge is 0.361 e. The summed E-state index contributed by atoms with van der Waals surface area (Å²) in [6.45, 7) is 1.56. The third kappa shape index (κ3) is 4.21. The van der Waals surface area contributed by atoms with Crippen LogP contribution in [0, 0.1) is 0 Å². The molecule has 0 saturated carbocycles. The lowest BCUT2D eigenvalue weighted by Crippen LogP contribution is -2.50. The number of aryl methyl sites for hydroxylation is 1. The average molecular weight is 412 g/mol. The van der Waals surface area contributed by atoms with Crippen molar-refractivity contribution in [3.63, 3.8) is 0 Å². The number of aromatic amines is 1. The van der Waals surface area contributed by atoms with Gasteiger partial charge in [0.2, 0.25) is 15.9 Å². The van der Waals surface area contributed by atoms with E-state index in [4.69, 9.17) is 0 Å². The first kappa shape index (κ1) is 19.7. The Morgan fingerprint density at radius 1 is 0.931 bits per heavy atom. The van der Waals surface area contributed by atoms with Crippen molar-refractivity contribution in [2.75, 3.05) is 26.2 Å². The van der Waals surface area contributed by atoms with Gasteiger partial charge in [-0.25, -0.2) is 8.42 Å². The number of carbonyl (C=O) groups is 1. The molecule has 2 heterocycles. The zero-order chi connectivity index (χ0) is 20.3. The topological polar surface area (TPSA) is 73.5 Å². The van der Waals surface area contributed by atoms with Gasteiger partial charge in [-0.2, -0.15) is 4.31 Å². The molecule has 0 bridgehead atoms. The van der Waals surface area contributed by atoms with E-state index < -0.39 is 10.0 Å². The molecule has 0 atom stereocenters. The van der Waals surface area contributed by atoms with Crippen molar-refractivity contribution in [3.05, 3.63) is 66.4 Å². The second kappa shape index (κ2) is 8.39. The van der Waals surface area contributed by atoms with Crippen molar-refractivity contribution >= 4 is 26.8 Å². The zero-order valence-corrected chi connectivity index (χ0v) is 17.1. The maximum atomic E-state index is 12.7. The number of benzene rings is 2. The minimum Gasteiger partial charge on any atom is -0.361 e. The number of sulfonamides is 1. The second-order valence-corrected chi connectivity index (χ2v) is 9.25. The van der Waals surface area contributed by atoms with E-state index in [-0.39, 0.29) is 5.91 Å². The van der Waals surface area contributed by atoms with Crippen LogP contribution in [0.2, 0.25) is 0 Å². The summed E-state index contributed by atoms with van der Waals surface area (Å²) < 4.78 is 26.9. The summed E-state index contributed by atoms with van der Waals surface area (Å²) in [6, 6.07) is 16.6. The molecule has 1 aliphatic rings. The number of nitrogens with zero attached hydrogens (tertiary/aromatic N) is 2. The van der Waals surface area contributed by atoms with E-state index in [1.54, 1.807) is 35.2 Å². The molecule has 1 aromatic heterocycles. The molecule has 6 nitrogen and oxygen atoms in total. The quantitative estimate of drug-likeness (QED) is 0.678. The van der Waals surface area contributed by atoms with Crippen LogP contribution in [0.1, 0.15) is 18.4 Å². The van der Waals surface area contributed by atoms with Gasteiger partial charge in [0.15, 0.2) is 0 Å². The summed E-state index contributed by atoms with van der Waals surface area (Å²) in [7, 11) is -3.49. The van der Waals surface area contributed by atoms with Gasteiger partial charge < -0.3 is 9.88 Å². The molecule has 3 aromatic rings. The van der Waals surface area contributed by atoms with Crippen LogP contribution in [0.3, 0.4) is 0 Å². The maximum absolute atomic E-state index is 12.7. The van der Waals surface area contributed by atoms with Crippen LogP contribution in [0.25, 0.3) is 10.9 Å². The highest BCUT2D eigenvalue weighted by Gasteiger charge is 2.29. The molecule has 0 radical (unpaired) electrons. The van der Waals surface area contributed by atoms with Crippen molar-refractivity contribution in [1.29, 1.82) is 0 Å². The zero-order valence-electron chi connectivity index (χ0n) is 16.3. The van der Waals surface area contributed by atoms with E-state index in [1.807, 2.05) is 24.4 Å². The fourth-order valence-corrected chi connectivity index (χ4v) is 5.29. The molecular formula is C22H25N3O3S. The number of hydrogen-bond donors (Lipinski definition) is 1. The van der Waals surface area contributed by atoms with Gasteiger partial charge in [-0.1, -0.05) is 36.4 Å². The second-order valence-electron chi connectivity index (χ2n) is 7.31. The fraction of sp³-hybridized carbons (Fsp3) is 0.318. The van der Waals surface area contributed by atoms with Crippen LogP contribution >= 0.6 is 0 Å². The van der Waals surface area contributed by atoms with Gasteiger partial charge in [-0.3, -0.25) is 4.79 Å². The van der Waals surface area contributed by atoms with E-state index >= 15 is 0 Å². The predicted molar refractivity (Wildman–Crippen MR) is 113 cm³/mol. The van der Waals surface area contributed by atoms with Crippen molar-refractivity contribution in [1.82, 2.24) is 14.2 Å². The van der Waals surface area contributed by atoms with Crippen LogP contribution < -0.4 is 0 Å². The number of fused-ring (bicyclic) bond motifs is 1. The highest BCUT2D eigenvalue weighted by Crippen LogP contribution is 2.20. The third-order valence-corrected chi connectivity index (χ3v) is 7.40. The standard InChI is InChI=1S/C22H25N3O3S/c26-22(12-6-7-18-17-23-21-11-5-4-10-20(18)21)24-13-15-25(16-14-24)29(27,28)19-8-2-1-3-9-19/h1-5,8-11,17,23H,6-7,12-16H2. The molecule has 1 N–H and O–H groups in total. The first-order valence-electron chi connectivity index (χ1n) is 9.94. The number of rotatable bonds is 6. The molecule has 152 valence electrons. The van der Waals surface area contributed by atoms with Crippen LogP contribution in [-0.2, 0) is 21.2 Å². The van der Waals surface area contributed by atoms with Crippen LogP contribution in [0.5, 0.6) is 0 Å². The molecule has 0 spiro atoms. The summed E-state index contributed by atoms with van der Waals surface area (Å²) in [4.78, 5) is 17.9. The lowest BCUT2D eigenvalue weighted by molar-refractivity contribution is -0.132. The number of nitrogens with one attached hydrogen (secondary N) is 1. The molecule has 4 rings (SSSR count). The first-order chi connectivity index (χ1) is 14.1. The smallest absolute Gasteiger partial charge is 0.243 e. The molecule has 1 fully saturated rings. The monoisotopic (exact) mass is 411 g/mol. The molecule has 0 aliphatic carbocycles. The van der Waals surface area contributed by atoms with Crippen molar-refractivity contribution < 1.29 is 13.2 Å². The normalized spacial score (nSPS) is 15.7. The van der Waals surface area contributed by atoms with Crippen molar-refractivity contribution in [3.8, 4) is 0 Å². The lowest BCUT2D eigenvalue weighted by Gasteiger charge is -2.34. The van der Waals surface area contributed by atoms with E-state index in [1.165, 1.54) is 15.3 Å².